The SMILES string of the molecule is Cc1ccc(N2CCN(CC(C)O)CC2)cc1C(=O)NC1(c2ccnc3ccccc23)CC1. The molecule has 2 aromatic carbocycles. The number of rotatable bonds is 6. The van der Waals surface area contributed by atoms with Gasteiger partial charge in [0.2, 0.25) is 0 Å². The number of para-hydroxylation sites is 1. The molecule has 2 aliphatic rings. The van der Waals surface area contributed by atoms with E-state index >= 15 is 0 Å². The van der Waals surface area contributed by atoms with E-state index in [1.54, 1.807) is 0 Å². The number of aryl methyl sites for hydroxylation is 1. The average molecular weight is 445 g/mol. The van der Waals surface area contributed by atoms with Crippen molar-refractivity contribution in [2.24, 2.45) is 0 Å². The number of hydrogen-bond acceptors (Lipinski definition) is 5. The third-order valence-corrected chi connectivity index (χ3v) is 6.99. The van der Waals surface area contributed by atoms with Crippen molar-refractivity contribution in [1.29, 1.82) is 0 Å². The molecule has 1 aromatic heterocycles. The number of pyridine rings is 1. The fourth-order valence-electron chi connectivity index (χ4n) is 5.00. The van der Waals surface area contributed by atoms with Crippen LogP contribution >= 0.6 is 0 Å². The van der Waals surface area contributed by atoms with Crippen LogP contribution in [-0.2, 0) is 5.54 Å². The minimum Gasteiger partial charge on any atom is -0.392 e. The highest BCUT2D eigenvalue weighted by Gasteiger charge is 2.47. The molecule has 1 unspecified atom stereocenters. The Morgan fingerprint density at radius 3 is 2.61 bits per heavy atom. The van der Waals surface area contributed by atoms with Crippen LogP contribution < -0.4 is 10.2 Å². The van der Waals surface area contributed by atoms with Crippen molar-refractivity contribution in [3.05, 3.63) is 71.4 Å². The molecule has 3 aromatic rings. The van der Waals surface area contributed by atoms with Gasteiger partial charge in [0.25, 0.3) is 5.91 Å². The van der Waals surface area contributed by atoms with E-state index in [-0.39, 0.29) is 17.6 Å². The van der Waals surface area contributed by atoms with Crippen LogP contribution in [0.5, 0.6) is 0 Å². The Kier molecular flexibility index (Phi) is 5.81. The van der Waals surface area contributed by atoms with E-state index in [2.05, 4.69) is 32.2 Å². The van der Waals surface area contributed by atoms with Crippen LogP contribution in [0.4, 0.5) is 5.69 Å². The number of nitrogens with zero attached hydrogens (tertiary/aromatic N) is 3. The number of aliphatic hydroxyl groups is 1. The second-order valence-corrected chi connectivity index (χ2v) is 9.55. The average Bonchev–Trinajstić information content (AvgIpc) is 3.59. The minimum absolute atomic E-state index is 0.0134. The minimum atomic E-state index is -0.311. The molecule has 1 saturated heterocycles. The standard InChI is InChI=1S/C27H32N4O2/c1-19-7-8-21(31-15-13-30(14-16-31)18-20(2)32)17-23(19)26(33)29-27(10-11-27)24-9-12-28-25-6-4-3-5-22(24)25/h3-9,12,17,20,32H,10-11,13-16,18H2,1-2H3,(H,29,33). The van der Waals surface area contributed by atoms with Crippen LogP contribution in [0.2, 0.25) is 0 Å². The molecule has 6 nitrogen and oxygen atoms in total. The second-order valence-electron chi connectivity index (χ2n) is 9.55. The van der Waals surface area contributed by atoms with Crippen molar-refractivity contribution in [2.45, 2.75) is 38.3 Å². The van der Waals surface area contributed by atoms with E-state index in [1.807, 2.05) is 56.4 Å². The molecule has 6 heteroatoms. The van der Waals surface area contributed by atoms with Crippen LogP contribution in [0, 0.1) is 6.92 Å². The number of nitrogens with one attached hydrogen (secondary N) is 1. The highest BCUT2D eigenvalue weighted by atomic mass is 16.3. The van der Waals surface area contributed by atoms with Gasteiger partial charge in [0, 0.05) is 55.6 Å². The molecule has 172 valence electrons. The summed E-state index contributed by atoms with van der Waals surface area (Å²) >= 11 is 0. The van der Waals surface area contributed by atoms with Gasteiger partial charge in [-0.1, -0.05) is 24.3 Å². The molecule has 5 rings (SSSR count). The van der Waals surface area contributed by atoms with Crippen LogP contribution in [-0.4, -0.2) is 59.7 Å². The van der Waals surface area contributed by atoms with Gasteiger partial charge in [0.05, 0.1) is 17.2 Å². The van der Waals surface area contributed by atoms with Gasteiger partial charge in [-0.15, -0.1) is 0 Å². The van der Waals surface area contributed by atoms with Gasteiger partial charge < -0.3 is 15.3 Å². The van der Waals surface area contributed by atoms with E-state index < -0.39 is 0 Å². The molecule has 0 radical (unpaired) electrons. The summed E-state index contributed by atoms with van der Waals surface area (Å²) in [6.45, 7) is 8.16. The van der Waals surface area contributed by atoms with Gasteiger partial charge in [0.1, 0.15) is 0 Å². The third kappa shape index (κ3) is 4.45. The summed E-state index contributed by atoms with van der Waals surface area (Å²) in [7, 11) is 0. The molecule has 1 atom stereocenters. The first-order chi connectivity index (χ1) is 15.9. The largest absolute Gasteiger partial charge is 0.392 e. The zero-order valence-electron chi connectivity index (χ0n) is 19.4. The van der Waals surface area contributed by atoms with Crippen LogP contribution in [0.3, 0.4) is 0 Å². The van der Waals surface area contributed by atoms with Crippen molar-refractivity contribution in [3.63, 3.8) is 0 Å². The van der Waals surface area contributed by atoms with Crippen LogP contribution in [0.25, 0.3) is 10.9 Å². The molecule has 33 heavy (non-hydrogen) atoms. The topological polar surface area (TPSA) is 68.7 Å². The zero-order chi connectivity index (χ0) is 23.0. The molecule has 1 aliphatic heterocycles. The Morgan fingerprint density at radius 2 is 1.88 bits per heavy atom. The monoisotopic (exact) mass is 444 g/mol. The van der Waals surface area contributed by atoms with E-state index in [1.165, 1.54) is 0 Å². The van der Waals surface area contributed by atoms with Gasteiger partial charge in [0.15, 0.2) is 0 Å². The van der Waals surface area contributed by atoms with Gasteiger partial charge in [-0.2, -0.15) is 0 Å². The Morgan fingerprint density at radius 1 is 1.12 bits per heavy atom. The van der Waals surface area contributed by atoms with E-state index in [0.29, 0.717) is 6.54 Å². The first kappa shape index (κ1) is 21.9. The number of aromatic nitrogens is 1. The number of piperazine rings is 1. The van der Waals surface area contributed by atoms with Crippen molar-refractivity contribution in [1.82, 2.24) is 15.2 Å². The Bertz CT molecular complexity index is 1160. The second kappa shape index (κ2) is 8.76. The summed E-state index contributed by atoms with van der Waals surface area (Å²) in [5.74, 6) is -0.0134. The lowest BCUT2D eigenvalue weighted by atomic mass is 9.99. The molecule has 1 saturated carbocycles. The highest BCUT2D eigenvalue weighted by molar-refractivity contribution is 5.98. The maximum atomic E-state index is 13.5. The number of anilines is 1. The molecule has 1 aliphatic carbocycles. The van der Waals surface area contributed by atoms with Gasteiger partial charge in [-0.05, 0) is 62.1 Å². The van der Waals surface area contributed by atoms with E-state index in [4.69, 9.17) is 0 Å². The molecular formula is C27H32N4O2. The number of amides is 1. The highest BCUT2D eigenvalue weighted by Crippen LogP contribution is 2.47. The first-order valence-corrected chi connectivity index (χ1v) is 11.9. The van der Waals surface area contributed by atoms with Gasteiger partial charge in [-0.25, -0.2) is 0 Å². The van der Waals surface area contributed by atoms with Crippen LogP contribution in [0.15, 0.2) is 54.7 Å². The lowest BCUT2D eigenvalue weighted by Crippen LogP contribution is -2.48. The molecule has 1 amide bonds. The fourth-order valence-corrected chi connectivity index (χ4v) is 5.00. The quantitative estimate of drug-likeness (QED) is 0.609. The smallest absolute Gasteiger partial charge is 0.252 e. The normalized spacial score (nSPS) is 18.8. The Labute approximate surface area is 195 Å². The summed E-state index contributed by atoms with van der Waals surface area (Å²) in [5, 5.41) is 14.1. The van der Waals surface area contributed by atoms with Crippen molar-refractivity contribution in [3.8, 4) is 0 Å². The molecule has 2 N–H and O–H groups in total. The number of carbonyl (C=O) groups excluding carboxylic acids is 1. The summed E-state index contributed by atoms with van der Waals surface area (Å²) in [4.78, 5) is 22.6. The third-order valence-electron chi connectivity index (χ3n) is 6.99. The van der Waals surface area contributed by atoms with E-state index in [0.717, 1.165) is 72.3 Å². The number of aliphatic hydroxyl groups excluding tert-OH is 1. The van der Waals surface area contributed by atoms with Gasteiger partial charge >= 0.3 is 0 Å². The lowest BCUT2D eigenvalue weighted by molar-refractivity contribution is 0.0930. The summed E-state index contributed by atoms with van der Waals surface area (Å²) in [6, 6.07) is 16.4. The summed E-state index contributed by atoms with van der Waals surface area (Å²) in [5.41, 5.74) is 4.62. The molecule has 2 heterocycles. The number of β-amino-alcohol motifs (C(OH)–C–C–N with tert-alkyl or cyclic N) is 1. The Hall–Kier alpha value is -2.96. The maximum absolute atomic E-state index is 13.5. The predicted octanol–water partition coefficient (Wildman–Crippen LogP) is 3.47. The lowest BCUT2D eigenvalue weighted by Gasteiger charge is -2.36. The molecule has 0 bridgehead atoms. The van der Waals surface area contributed by atoms with E-state index in [9.17, 15) is 9.90 Å². The Balaban J connectivity index is 1.34. The zero-order valence-corrected chi connectivity index (χ0v) is 19.4. The van der Waals surface area contributed by atoms with Crippen LogP contribution in [0.1, 0.15) is 41.3 Å². The predicted molar refractivity (Wildman–Crippen MR) is 132 cm³/mol. The van der Waals surface area contributed by atoms with Crippen molar-refractivity contribution in [2.75, 3.05) is 37.6 Å². The summed E-state index contributed by atoms with van der Waals surface area (Å²) in [6.07, 6.45) is 3.42. The number of hydrogen-bond donors (Lipinski definition) is 2. The summed E-state index contributed by atoms with van der Waals surface area (Å²) < 4.78 is 0. The molecule has 2 fully saturated rings. The molecular weight excluding hydrogens is 412 g/mol. The maximum Gasteiger partial charge on any atom is 0.252 e. The van der Waals surface area contributed by atoms with Gasteiger partial charge in [-0.3, -0.25) is 14.7 Å². The number of carbonyl (C=O) groups is 1. The first-order valence-electron chi connectivity index (χ1n) is 11.9. The van der Waals surface area contributed by atoms with Crippen molar-refractivity contribution < 1.29 is 9.90 Å². The fraction of sp³-hybridized carbons (Fsp3) is 0.407. The molecule has 0 spiro atoms. The number of benzene rings is 2. The number of fused-ring (bicyclic) bond motifs is 1. The van der Waals surface area contributed by atoms with Crippen molar-refractivity contribution >= 4 is 22.5 Å².